The summed E-state index contributed by atoms with van der Waals surface area (Å²) in [6.45, 7) is 0. The molecule has 0 aliphatic carbocycles. The molecule has 23 aromatic rings. The molecule has 8 heterocycles. The van der Waals surface area contributed by atoms with Crippen molar-refractivity contribution in [3.63, 3.8) is 0 Å². The maximum atomic E-state index is 5.95. The van der Waals surface area contributed by atoms with Crippen molar-refractivity contribution >= 4 is 131 Å². The first-order valence-corrected chi connectivity index (χ1v) is 37.0. The van der Waals surface area contributed by atoms with E-state index in [4.69, 9.17) is 9.97 Å². The van der Waals surface area contributed by atoms with Gasteiger partial charge in [-0.15, -0.1) is 0 Å². The average Bonchev–Trinajstić information content (AvgIpc) is 1.55. The molecule has 0 saturated heterocycles. The highest BCUT2D eigenvalue weighted by molar-refractivity contribution is 6.23. The van der Waals surface area contributed by atoms with Gasteiger partial charge in [0.2, 0.25) is 0 Å². The van der Waals surface area contributed by atoms with Gasteiger partial charge in [-0.2, -0.15) is 0 Å². The second-order valence-electron chi connectivity index (χ2n) is 28.3. The molecule has 0 fully saturated rings. The zero-order valence-corrected chi connectivity index (χ0v) is 58.4. The minimum absolute atomic E-state index is 0.775. The second kappa shape index (κ2) is 23.5. The van der Waals surface area contributed by atoms with Crippen molar-refractivity contribution < 1.29 is 0 Å². The SMILES string of the molecule is c1ccc(-c2cc(-c3cccc(-c4cc(-n5c6cccc(-n7c8ccccc8c8ccccc87)c6c6c(-n7c8ccccc8c8ccccc87)cccc65)ncc4-n4c5cccc(-n6c7ccccc7c7ccccc76)c5c5c(-n6c7ccccc7c7ccccc76)cccc54)c3)cc(-c3ccccc3)n2)cc1. The van der Waals surface area contributed by atoms with E-state index in [0.29, 0.717) is 0 Å². The van der Waals surface area contributed by atoms with Gasteiger partial charge in [-0.25, -0.2) is 9.97 Å². The Morgan fingerprint density at radius 1 is 0.176 bits per heavy atom. The number of fused-ring (bicyclic) bond motifs is 18. The van der Waals surface area contributed by atoms with E-state index in [1.165, 1.54) is 43.1 Å². The van der Waals surface area contributed by atoms with Crippen LogP contribution in [0.5, 0.6) is 0 Å². The highest BCUT2D eigenvalue weighted by Crippen LogP contribution is 2.49. The number of hydrogen-bond donors (Lipinski definition) is 0. The first-order valence-electron chi connectivity index (χ1n) is 37.0. The van der Waals surface area contributed by atoms with Crippen molar-refractivity contribution in [1.29, 1.82) is 0 Å². The third kappa shape index (κ3) is 8.74. The van der Waals surface area contributed by atoms with E-state index in [1.807, 2.05) is 0 Å². The second-order valence-corrected chi connectivity index (χ2v) is 28.3. The number of aromatic nitrogens is 8. The maximum absolute atomic E-state index is 5.95. The molecule has 0 saturated carbocycles. The Hall–Kier alpha value is -14.6. The van der Waals surface area contributed by atoms with Crippen LogP contribution in [0.4, 0.5) is 0 Å². The first-order chi connectivity index (χ1) is 53.6. The van der Waals surface area contributed by atoms with Crippen LogP contribution in [-0.2, 0) is 0 Å². The van der Waals surface area contributed by atoms with Crippen molar-refractivity contribution in [1.82, 2.24) is 37.4 Å². The molecule has 502 valence electrons. The number of nitrogens with zero attached hydrogens (tertiary/aromatic N) is 8. The van der Waals surface area contributed by atoms with Gasteiger partial charge in [0.05, 0.1) is 112 Å². The van der Waals surface area contributed by atoms with Crippen molar-refractivity contribution in [3.05, 3.63) is 376 Å². The van der Waals surface area contributed by atoms with E-state index in [9.17, 15) is 0 Å². The summed E-state index contributed by atoms with van der Waals surface area (Å²) in [6, 6.07) is 136. The predicted molar refractivity (Wildman–Crippen MR) is 450 cm³/mol. The van der Waals surface area contributed by atoms with Crippen LogP contribution in [0.3, 0.4) is 0 Å². The molecule has 15 aromatic carbocycles. The molecule has 0 spiro atoms. The van der Waals surface area contributed by atoms with Gasteiger partial charge in [-0.1, -0.05) is 249 Å². The molecule has 0 atom stereocenters. The first kappa shape index (κ1) is 59.9. The molecule has 108 heavy (non-hydrogen) atoms. The van der Waals surface area contributed by atoms with E-state index < -0.39 is 0 Å². The lowest BCUT2D eigenvalue weighted by molar-refractivity contribution is 1.05. The van der Waals surface area contributed by atoms with Gasteiger partial charge in [-0.05, 0) is 138 Å². The molecule has 23 rings (SSSR count). The lowest BCUT2D eigenvalue weighted by Crippen LogP contribution is -2.04. The highest BCUT2D eigenvalue weighted by Gasteiger charge is 2.29. The molecular weight excluding hydrogens is 1310 g/mol. The van der Waals surface area contributed by atoms with Gasteiger partial charge in [0.1, 0.15) is 5.82 Å². The Kier molecular flexibility index (Phi) is 13.0. The fraction of sp³-hybridized carbons (Fsp3) is 0. The summed E-state index contributed by atoms with van der Waals surface area (Å²) >= 11 is 0. The van der Waals surface area contributed by atoms with E-state index in [2.05, 4.69) is 404 Å². The van der Waals surface area contributed by atoms with Crippen LogP contribution in [0.25, 0.3) is 210 Å². The molecule has 0 aliphatic rings. The summed E-state index contributed by atoms with van der Waals surface area (Å²) < 4.78 is 14.9. The van der Waals surface area contributed by atoms with Gasteiger partial charge >= 0.3 is 0 Å². The van der Waals surface area contributed by atoms with E-state index >= 15 is 0 Å². The Labute approximate surface area is 619 Å². The van der Waals surface area contributed by atoms with E-state index in [0.717, 1.165) is 167 Å². The molecule has 8 nitrogen and oxygen atoms in total. The van der Waals surface area contributed by atoms with Gasteiger partial charge in [0, 0.05) is 81.3 Å². The molecule has 0 radical (unpaired) electrons. The van der Waals surface area contributed by atoms with Gasteiger partial charge in [0.25, 0.3) is 0 Å². The molecule has 0 amide bonds. The normalized spacial score (nSPS) is 12.1. The summed E-state index contributed by atoms with van der Waals surface area (Å²) in [5.41, 5.74) is 26.6. The summed E-state index contributed by atoms with van der Waals surface area (Å²) in [5, 5.41) is 14.1. The highest BCUT2D eigenvalue weighted by atomic mass is 15.1. The zero-order valence-electron chi connectivity index (χ0n) is 58.4. The third-order valence-electron chi connectivity index (χ3n) is 22.6. The Balaban J connectivity index is 0.853. The number of para-hydroxylation sites is 8. The summed E-state index contributed by atoms with van der Waals surface area (Å²) in [4.78, 5) is 11.3. The summed E-state index contributed by atoms with van der Waals surface area (Å²) in [6.07, 6.45) is 2.16. The Morgan fingerprint density at radius 2 is 0.435 bits per heavy atom. The number of pyridine rings is 2. The quantitative estimate of drug-likeness (QED) is 0.137. The average molecular weight is 1380 g/mol. The maximum Gasteiger partial charge on any atom is 0.138 e. The van der Waals surface area contributed by atoms with Crippen LogP contribution < -0.4 is 0 Å². The minimum atomic E-state index is 0.775. The largest absolute Gasteiger partial charge is 0.309 e. The van der Waals surface area contributed by atoms with Crippen LogP contribution >= 0.6 is 0 Å². The van der Waals surface area contributed by atoms with Crippen molar-refractivity contribution in [3.8, 4) is 79.0 Å². The summed E-state index contributed by atoms with van der Waals surface area (Å²) in [7, 11) is 0. The van der Waals surface area contributed by atoms with Crippen LogP contribution in [0.2, 0.25) is 0 Å². The van der Waals surface area contributed by atoms with Gasteiger partial charge in [-0.3, -0.25) is 4.57 Å². The molecule has 0 N–H and O–H groups in total. The lowest BCUT2D eigenvalue weighted by atomic mass is 9.96. The van der Waals surface area contributed by atoms with Crippen molar-refractivity contribution in [2.75, 3.05) is 0 Å². The Bertz CT molecular complexity index is 7070. The lowest BCUT2D eigenvalue weighted by Gasteiger charge is -2.18. The fourth-order valence-corrected chi connectivity index (χ4v) is 18.2. The van der Waals surface area contributed by atoms with Crippen molar-refractivity contribution in [2.45, 2.75) is 0 Å². The van der Waals surface area contributed by atoms with Crippen LogP contribution in [0.1, 0.15) is 0 Å². The number of benzene rings is 15. The summed E-state index contributed by atoms with van der Waals surface area (Å²) in [5.74, 6) is 0.775. The van der Waals surface area contributed by atoms with Crippen LogP contribution in [0.15, 0.2) is 376 Å². The number of rotatable bonds is 10. The standard InChI is InChI=1S/C100H62N8/c1-3-28-63(29-4-1)77-59-67(60-78(102-77)64-30-5-2-6-31-64)65-32-23-33-66(58-65)76-61-96(108-93-56-26-52-89(105-83-46-19-11-38-72(83)73-39-12-20-47-84(73)105)99(93)100-90(53-27-57-94(100)108)106-85-48-21-13-40-74(85)75-41-14-22-49-86(75)106)101-62-95(76)107-91-54-24-50-87(103-79-42-15-7-34-68(79)69-35-8-16-43-80(69)103)97(91)98-88(51-25-55-92(98)107)104-81-44-17-9-36-70(81)71-37-10-18-45-82(71)104/h1-62H. The zero-order chi connectivity index (χ0) is 70.7. The van der Waals surface area contributed by atoms with Gasteiger partial charge < -0.3 is 22.8 Å². The molecule has 0 unspecified atom stereocenters. The van der Waals surface area contributed by atoms with E-state index in [-0.39, 0.29) is 0 Å². The monoisotopic (exact) mass is 1370 g/mol. The molecule has 0 bridgehead atoms. The van der Waals surface area contributed by atoms with Gasteiger partial charge in [0.15, 0.2) is 0 Å². The van der Waals surface area contributed by atoms with E-state index in [1.54, 1.807) is 0 Å². The van der Waals surface area contributed by atoms with Crippen LogP contribution in [-0.4, -0.2) is 37.4 Å². The Morgan fingerprint density at radius 3 is 0.769 bits per heavy atom. The predicted octanol–water partition coefficient (Wildman–Crippen LogP) is 25.7. The molecule has 8 heteroatoms. The van der Waals surface area contributed by atoms with Crippen molar-refractivity contribution in [2.24, 2.45) is 0 Å². The minimum Gasteiger partial charge on any atom is -0.309 e. The topological polar surface area (TPSA) is 55.4 Å². The molecule has 8 aromatic heterocycles. The fourth-order valence-electron chi connectivity index (χ4n) is 18.2. The molecule has 0 aliphatic heterocycles. The van der Waals surface area contributed by atoms with Crippen LogP contribution in [0, 0.1) is 0 Å². The smallest absolute Gasteiger partial charge is 0.138 e. The number of hydrogen-bond acceptors (Lipinski definition) is 2. The third-order valence-corrected chi connectivity index (χ3v) is 22.6. The molecular formula is C100H62N8.